The molecule has 154 valence electrons. The fourth-order valence-electron chi connectivity index (χ4n) is 3.44. The van der Waals surface area contributed by atoms with Crippen molar-refractivity contribution in [2.45, 2.75) is 25.4 Å². The molecule has 4 rings (SSSR count). The molecular weight excluding hydrogens is 495 g/mol. The number of halogens is 1. The number of piperidine rings is 1. The molecule has 0 bridgehead atoms. The summed E-state index contributed by atoms with van der Waals surface area (Å²) in [6.07, 6.45) is 4.21. The molecule has 6 nitrogen and oxygen atoms in total. The van der Waals surface area contributed by atoms with Crippen LogP contribution in [0.3, 0.4) is 0 Å². The third-order valence-corrected chi connectivity index (χ3v) is 5.91. The van der Waals surface area contributed by atoms with Gasteiger partial charge in [-0.2, -0.15) is 5.10 Å². The van der Waals surface area contributed by atoms with Gasteiger partial charge in [-0.25, -0.2) is 4.68 Å². The molecule has 2 aromatic heterocycles. The molecule has 29 heavy (non-hydrogen) atoms. The molecule has 1 fully saturated rings. The number of anilines is 1. The fraction of sp³-hybridized carbons (Fsp3) is 0.333. The lowest BCUT2D eigenvalue weighted by Gasteiger charge is -2.33. The van der Waals surface area contributed by atoms with Crippen LogP contribution in [0.4, 0.5) is 5.00 Å². The van der Waals surface area contributed by atoms with Crippen molar-refractivity contribution in [3.05, 3.63) is 65.8 Å². The molecule has 0 amide bonds. The first-order valence-electron chi connectivity index (χ1n) is 9.67. The summed E-state index contributed by atoms with van der Waals surface area (Å²) < 4.78 is 1.90. The summed E-state index contributed by atoms with van der Waals surface area (Å²) in [6, 6.07) is 16.9. The Labute approximate surface area is 193 Å². The molecule has 1 aliphatic rings. The Hall–Kier alpha value is -2.07. The van der Waals surface area contributed by atoms with Gasteiger partial charge in [-0.05, 0) is 48.6 Å². The lowest BCUT2D eigenvalue weighted by molar-refractivity contribution is 0.462. The second-order valence-corrected chi connectivity index (χ2v) is 7.80. The maximum absolute atomic E-state index is 4.64. The Kier molecular flexibility index (Phi) is 7.93. The van der Waals surface area contributed by atoms with Crippen molar-refractivity contribution >= 4 is 46.3 Å². The number of benzene rings is 1. The molecule has 0 unspecified atom stereocenters. The number of nitrogens with zero attached hydrogens (tertiary/aromatic N) is 4. The van der Waals surface area contributed by atoms with Gasteiger partial charge in [0.15, 0.2) is 5.96 Å². The lowest BCUT2D eigenvalue weighted by Crippen LogP contribution is -2.48. The number of rotatable bonds is 5. The summed E-state index contributed by atoms with van der Waals surface area (Å²) in [4.78, 5) is 6.85. The predicted molar refractivity (Wildman–Crippen MR) is 132 cm³/mol. The van der Waals surface area contributed by atoms with E-state index in [4.69, 9.17) is 0 Å². The Morgan fingerprint density at radius 3 is 2.62 bits per heavy atom. The summed E-state index contributed by atoms with van der Waals surface area (Å²) in [5, 5.41) is 15.1. The van der Waals surface area contributed by atoms with Gasteiger partial charge < -0.3 is 15.5 Å². The van der Waals surface area contributed by atoms with Gasteiger partial charge in [0.1, 0.15) is 0 Å². The van der Waals surface area contributed by atoms with E-state index >= 15 is 0 Å². The first kappa shape index (κ1) is 21.6. The van der Waals surface area contributed by atoms with E-state index in [0.717, 1.165) is 43.3 Å². The largest absolute Gasteiger partial charge is 0.363 e. The summed E-state index contributed by atoms with van der Waals surface area (Å²) in [6.45, 7) is 2.81. The number of hydrogen-bond acceptors (Lipinski definition) is 4. The fourth-order valence-corrected chi connectivity index (χ4v) is 4.22. The van der Waals surface area contributed by atoms with E-state index in [-0.39, 0.29) is 24.0 Å². The van der Waals surface area contributed by atoms with E-state index in [0.29, 0.717) is 12.6 Å². The van der Waals surface area contributed by atoms with Gasteiger partial charge in [-0.3, -0.25) is 4.99 Å². The van der Waals surface area contributed by atoms with E-state index in [1.54, 1.807) is 0 Å². The van der Waals surface area contributed by atoms with Crippen LogP contribution in [-0.2, 0) is 6.54 Å². The van der Waals surface area contributed by atoms with Gasteiger partial charge in [0, 0.05) is 32.4 Å². The molecule has 0 spiro atoms. The summed E-state index contributed by atoms with van der Waals surface area (Å²) in [5.74, 6) is 0.837. The van der Waals surface area contributed by atoms with Crippen molar-refractivity contribution in [3.8, 4) is 5.69 Å². The van der Waals surface area contributed by atoms with E-state index in [9.17, 15) is 0 Å². The zero-order valence-corrected chi connectivity index (χ0v) is 19.6. The molecule has 0 saturated carbocycles. The second-order valence-electron chi connectivity index (χ2n) is 6.87. The predicted octanol–water partition coefficient (Wildman–Crippen LogP) is 3.89. The van der Waals surface area contributed by atoms with Gasteiger partial charge >= 0.3 is 0 Å². The number of hydrogen-bond donors (Lipinski definition) is 2. The molecule has 1 aromatic carbocycles. The quantitative estimate of drug-likeness (QED) is 0.304. The number of para-hydroxylation sites is 1. The number of guanidine groups is 1. The average molecular weight is 522 g/mol. The van der Waals surface area contributed by atoms with Crippen molar-refractivity contribution in [2.75, 3.05) is 25.0 Å². The minimum atomic E-state index is 0. The van der Waals surface area contributed by atoms with Crippen molar-refractivity contribution in [2.24, 2.45) is 4.99 Å². The van der Waals surface area contributed by atoms with Crippen LogP contribution in [0.2, 0.25) is 0 Å². The van der Waals surface area contributed by atoms with Crippen LogP contribution in [0.1, 0.15) is 18.5 Å². The van der Waals surface area contributed by atoms with Crippen LogP contribution in [0.5, 0.6) is 0 Å². The second kappa shape index (κ2) is 10.6. The SMILES string of the molecule is CN=C(NCc1ccn(-c2ccccc2)n1)NC1CCN(c2cccs2)CC1.I. The molecule has 0 atom stereocenters. The average Bonchev–Trinajstić information content (AvgIpc) is 3.44. The molecule has 3 aromatic rings. The Morgan fingerprint density at radius 1 is 1.14 bits per heavy atom. The number of nitrogens with one attached hydrogen (secondary N) is 2. The number of aliphatic imine (C=N–C) groups is 1. The van der Waals surface area contributed by atoms with Gasteiger partial charge in [0.05, 0.1) is 22.9 Å². The first-order chi connectivity index (χ1) is 13.8. The normalized spacial score (nSPS) is 15.1. The van der Waals surface area contributed by atoms with Crippen LogP contribution in [0.15, 0.2) is 65.1 Å². The van der Waals surface area contributed by atoms with E-state index in [1.165, 1.54) is 5.00 Å². The van der Waals surface area contributed by atoms with Crippen molar-refractivity contribution in [3.63, 3.8) is 0 Å². The highest BCUT2D eigenvalue weighted by molar-refractivity contribution is 14.0. The maximum atomic E-state index is 4.64. The van der Waals surface area contributed by atoms with Gasteiger partial charge in [-0.1, -0.05) is 18.2 Å². The van der Waals surface area contributed by atoms with E-state index in [2.05, 4.69) is 43.1 Å². The molecule has 0 aliphatic carbocycles. The maximum Gasteiger partial charge on any atom is 0.191 e. The minimum Gasteiger partial charge on any atom is -0.363 e. The van der Waals surface area contributed by atoms with Crippen LogP contribution in [0.25, 0.3) is 5.69 Å². The molecule has 0 radical (unpaired) electrons. The smallest absolute Gasteiger partial charge is 0.191 e. The first-order valence-corrected chi connectivity index (χ1v) is 10.6. The van der Waals surface area contributed by atoms with Crippen LogP contribution in [0, 0.1) is 0 Å². The lowest BCUT2D eigenvalue weighted by atomic mass is 10.1. The van der Waals surface area contributed by atoms with Gasteiger partial charge in [0.2, 0.25) is 0 Å². The highest BCUT2D eigenvalue weighted by Gasteiger charge is 2.20. The van der Waals surface area contributed by atoms with Crippen LogP contribution in [-0.4, -0.2) is 41.9 Å². The summed E-state index contributed by atoms with van der Waals surface area (Å²) in [5.41, 5.74) is 2.05. The van der Waals surface area contributed by atoms with Crippen LogP contribution >= 0.6 is 35.3 Å². The monoisotopic (exact) mass is 522 g/mol. The summed E-state index contributed by atoms with van der Waals surface area (Å²) >= 11 is 1.82. The Bertz CT molecular complexity index is 885. The zero-order valence-electron chi connectivity index (χ0n) is 16.5. The molecular formula is C21H27IN6S. The summed E-state index contributed by atoms with van der Waals surface area (Å²) in [7, 11) is 1.82. The molecule has 2 N–H and O–H groups in total. The van der Waals surface area contributed by atoms with Gasteiger partial charge in [-0.15, -0.1) is 35.3 Å². The van der Waals surface area contributed by atoms with E-state index < -0.39 is 0 Å². The molecule has 1 saturated heterocycles. The van der Waals surface area contributed by atoms with Crippen molar-refractivity contribution in [1.82, 2.24) is 20.4 Å². The standard InChI is InChI=1S/C21H26N6S.HI/c1-22-21(24-17-9-12-26(13-10-17)20-8-5-15-28-20)23-16-18-11-14-27(25-18)19-6-3-2-4-7-19;/h2-8,11,14-15,17H,9-10,12-13,16H2,1H3,(H2,22,23,24);1H. The Morgan fingerprint density at radius 2 is 1.93 bits per heavy atom. The highest BCUT2D eigenvalue weighted by Crippen LogP contribution is 2.24. The number of aromatic nitrogens is 2. The molecule has 3 heterocycles. The Balaban J connectivity index is 0.00000240. The van der Waals surface area contributed by atoms with E-state index in [1.807, 2.05) is 65.7 Å². The van der Waals surface area contributed by atoms with Gasteiger partial charge in [0.25, 0.3) is 0 Å². The van der Waals surface area contributed by atoms with Crippen LogP contribution < -0.4 is 15.5 Å². The zero-order chi connectivity index (χ0) is 19.2. The minimum absolute atomic E-state index is 0. The highest BCUT2D eigenvalue weighted by atomic mass is 127. The van der Waals surface area contributed by atoms with Crippen molar-refractivity contribution in [1.29, 1.82) is 0 Å². The molecule has 1 aliphatic heterocycles. The topological polar surface area (TPSA) is 57.5 Å². The third kappa shape index (κ3) is 5.72. The third-order valence-electron chi connectivity index (χ3n) is 4.98. The molecule has 8 heteroatoms. The number of thiophene rings is 1. The van der Waals surface area contributed by atoms with Crippen molar-refractivity contribution < 1.29 is 0 Å².